The Morgan fingerprint density at radius 2 is 2.07 bits per heavy atom. The number of oxime groups is 1. The molecule has 44 heavy (non-hydrogen) atoms. The van der Waals surface area contributed by atoms with E-state index in [4.69, 9.17) is 26.8 Å². The number of anilines is 1. The number of aromatic nitrogens is 3. The number of aryl methyl sites for hydroxylation is 3. The molecule has 0 fully saturated rings. The van der Waals surface area contributed by atoms with E-state index >= 15 is 0 Å². The van der Waals surface area contributed by atoms with Crippen LogP contribution in [0.1, 0.15) is 51.3 Å². The molecule has 0 bridgehead atoms. The number of carboxylic acid groups (broad SMARTS) is 1. The quantitative estimate of drug-likeness (QED) is 0.0949. The minimum absolute atomic E-state index is 0.158. The Hall–Kier alpha value is -4.01. The van der Waals surface area contributed by atoms with E-state index in [9.17, 15) is 14.7 Å². The van der Waals surface area contributed by atoms with Crippen LogP contribution in [0.3, 0.4) is 0 Å². The highest BCUT2D eigenvalue weighted by molar-refractivity contribution is 7.13. The molecule has 2 unspecified atom stereocenters. The van der Waals surface area contributed by atoms with Gasteiger partial charge in [-0.1, -0.05) is 25.1 Å². The highest BCUT2D eigenvalue weighted by Gasteiger charge is 2.48. The number of hydrogen-bond acceptors (Lipinski definition) is 10. The summed E-state index contributed by atoms with van der Waals surface area (Å²) in [6.07, 6.45) is 6.01. The van der Waals surface area contributed by atoms with Gasteiger partial charge in [-0.25, -0.2) is 9.78 Å². The molecule has 4 rings (SSSR count). The number of carbonyl (C=O) groups excluding carboxylic acids is 1. The second-order valence-electron chi connectivity index (χ2n) is 11.4. The number of aliphatic carboxylic acids is 1. The number of hydrogen-bond donors (Lipinski definition) is 5. The van der Waals surface area contributed by atoms with Crippen molar-refractivity contribution < 1.29 is 29.0 Å². The lowest BCUT2D eigenvalue weighted by atomic mass is 9.90. The Morgan fingerprint density at radius 1 is 1.30 bits per heavy atom. The van der Waals surface area contributed by atoms with Crippen molar-refractivity contribution in [3.05, 3.63) is 47.2 Å². The summed E-state index contributed by atoms with van der Waals surface area (Å²) in [5, 5.41) is 18.9. The van der Waals surface area contributed by atoms with Gasteiger partial charge in [0.1, 0.15) is 11.4 Å². The van der Waals surface area contributed by atoms with Crippen molar-refractivity contribution in [2.75, 3.05) is 25.4 Å². The van der Waals surface area contributed by atoms with Gasteiger partial charge in [0.2, 0.25) is 6.20 Å². The first-order valence-electron chi connectivity index (χ1n) is 14.8. The number of benzene rings is 1. The average Bonchev–Trinajstić information content (AvgIpc) is 3.62. The number of nitrogens with zero attached hydrogens (tertiary/aromatic N) is 4. The van der Waals surface area contributed by atoms with E-state index in [1.807, 2.05) is 26.0 Å². The third-order valence-corrected chi connectivity index (χ3v) is 8.12. The molecule has 238 valence electrons. The summed E-state index contributed by atoms with van der Waals surface area (Å²) in [4.78, 5) is 35.4. The maximum Gasteiger partial charge on any atom is 0.354 e. The molecule has 0 spiro atoms. The molecule has 8 N–H and O–H groups in total. The second-order valence-corrected chi connectivity index (χ2v) is 12.3. The normalized spacial score (nSPS) is 16.2. The van der Waals surface area contributed by atoms with E-state index in [2.05, 4.69) is 43.3 Å². The minimum Gasteiger partial charge on any atom is -0.485 e. The summed E-state index contributed by atoms with van der Waals surface area (Å²) in [6, 6.07) is 5.88. The number of carboxylic acids is 1. The Balaban J connectivity index is 1.56. The van der Waals surface area contributed by atoms with E-state index in [0.29, 0.717) is 38.2 Å². The van der Waals surface area contributed by atoms with Crippen molar-refractivity contribution in [1.82, 2.24) is 15.0 Å². The molecule has 2 atom stereocenters. The highest BCUT2D eigenvalue weighted by Crippen LogP contribution is 2.36. The third kappa shape index (κ3) is 7.73. The van der Waals surface area contributed by atoms with E-state index in [1.165, 1.54) is 6.92 Å². The van der Waals surface area contributed by atoms with Gasteiger partial charge in [-0.2, -0.15) is 4.68 Å². The van der Waals surface area contributed by atoms with Crippen LogP contribution < -0.4 is 31.9 Å². The van der Waals surface area contributed by atoms with Gasteiger partial charge in [-0.05, 0) is 68.5 Å². The molecule has 1 aliphatic rings. The Labute approximate surface area is 261 Å². The number of nitrogens with one attached hydrogen (secondary N) is 1. The number of rotatable bonds is 15. The number of carbonyl (C=O) groups is 2. The molecule has 3 heterocycles. The van der Waals surface area contributed by atoms with Crippen LogP contribution in [0.25, 0.3) is 11.1 Å². The number of thiazole rings is 1. The van der Waals surface area contributed by atoms with Crippen LogP contribution in [-0.4, -0.2) is 63.7 Å². The van der Waals surface area contributed by atoms with Crippen LogP contribution in [0.4, 0.5) is 5.13 Å². The lowest BCUT2D eigenvalue weighted by Crippen LogP contribution is -2.52. The van der Waals surface area contributed by atoms with Gasteiger partial charge in [0, 0.05) is 18.3 Å². The third-order valence-electron chi connectivity index (χ3n) is 7.44. The van der Waals surface area contributed by atoms with Crippen molar-refractivity contribution in [2.24, 2.45) is 22.5 Å². The molecular weight excluding hydrogens is 584 g/mol. The Morgan fingerprint density at radius 3 is 2.73 bits per heavy atom. The summed E-state index contributed by atoms with van der Waals surface area (Å²) >= 11 is 1.14. The summed E-state index contributed by atoms with van der Waals surface area (Å²) < 4.78 is 10.5. The molecule has 1 aliphatic heterocycles. The molecule has 1 amide bonds. The maximum absolute atomic E-state index is 13.0. The summed E-state index contributed by atoms with van der Waals surface area (Å²) in [5.41, 5.74) is 18.5. The SMILES string of the molecule is CC(C)CNC(=O)/C(=N\OC(C)(C(=O)O)C1CCc2cc(-c3cn(CCCN)[n+](CCCN)c3)ccc2O1)c1csc(N)n1. The summed E-state index contributed by atoms with van der Waals surface area (Å²) in [5.74, 6) is -1.05. The zero-order valence-electron chi connectivity index (χ0n) is 25.5. The number of fused-ring (bicyclic) bond motifs is 1. The predicted molar refractivity (Wildman–Crippen MR) is 168 cm³/mol. The van der Waals surface area contributed by atoms with E-state index in [0.717, 1.165) is 54.0 Å². The highest BCUT2D eigenvalue weighted by atomic mass is 32.1. The summed E-state index contributed by atoms with van der Waals surface area (Å²) in [6.45, 7) is 8.53. The number of nitrogens with two attached hydrogens (primary N) is 3. The van der Waals surface area contributed by atoms with Crippen molar-refractivity contribution in [3.63, 3.8) is 0 Å². The van der Waals surface area contributed by atoms with Gasteiger partial charge in [-0.3, -0.25) is 4.79 Å². The summed E-state index contributed by atoms with van der Waals surface area (Å²) in [7, 11) is 0. The monoisotopic (exact) mass is 627 g/mol. The topological polar surface area (TPSA) is 197 Å². The van der Waals surface area contributed by atoms with Gasteiger partial charge in [0.25, 0.3) is 11.5 Å². The fourth-order valence-electron chi connectivity index (χ4n) is 4.86. The molecule has 0 saturated heterocycles. The molecule has 3 aromatic rings. The zero-order chi connectivity index (χ0) is 31.9. The molecule has 1 aromatic carbocycles. The lowest BCUT2D eigenvalue weighted by molar-refractivity contribution is -0.775. The molecule has 13 nitrogen and oxygen atoms in total. The molecule has 14 heteroatoms. The van der Waals surface area contributed by atoms with Gasteiger partial charge < -0.3 is 37.2 Å². The Bertz CT molecular complexity index is 1460. The van der Waals surface area contributed by atoms with E-state index in [1.54, 1.807) is 5.38 Å². The molecule has 0 radical (unpaired) electrons. The first-order valence-corrected chi connectivity index (χ1v) is 15.7. The van der Waals surface area contributed by atoms with Crippen LogP contribution >= 0.6 is 11.3 Å². The lowest BCUT2D eigenvalue weighted by Gasteiger charge is -2.35. The molecule has 0 saturated carbocycles. The fourth-order valence-corrected chi connectivity index (χ4v) is 5.41. The minimum atomic E-state index is -1.89. The molecule has 0 aliphatic carbocycles. The van der Waals surface area contributed by atoms with Crippen LogP contribution in [0.5, 0.6) is 5.75 Å². The van der Waals surface area contributed by atoms with Crippen molar-refractivity contribution in [1.29, 1.82) is 0 Å². The smallest absolute Gasteiger partial charge is 0.354 e. The molecular formula is C30H43N8O5S+. The number of amides is 1. The van der Waals surface area contributed by atoms with Crippen LogP contribution in [0.2, 0.25) is 0 Å². The van der Waals surface area contributed by atoms with Crippen molar-refractivity contribution in [2.45, 2.75) is 71.2 Å². The number of ether oxygens (including phenoxy) is 1. The first kappa shape index (κ1) is 32.9. The standard InChI is InChI=1S/C30H42N8O5S/c1-19(2)15-34-27(39)26(23-18-44-29(33)35-23)36-43-30(3,28(40)41)25-9-7-21-14-20(6-8-24(21)42-25)22-16-37(12-4-10-31)38(17-22)13-5-11-32/h6,8,14,16-19,25H,4-5,7,9-13,15,31-32H2,1-3H3,(H3-,33,34,35,39,40,41)/p+1/b36-26-. The van der Waals surface area contributed by atoms with Crippen LogP contribution in [0, 0.1) is 5.92 Å². The van der Waals surface area contributed by atoms with E-state index in [-0.39, 0.29) is 22.5 Å². The zero-order valence-corrected chi connectivity index (χ0v) is 26.3. The van der Waals surface area contributed by atoms with Gasteiger partial charge >= 0.3 is 5.97 Å². The van der Waals surface area contributed by atoms with Gasteiger partial charge in [0.05, 0.1) is 18.3 Å². The van der Waals surface area contributed by atoms with E-state index < -0.39 is 23.6 Å². The second kappa shape index (κ2) is 14.6. The van der Waals surface area contributed by atoms with Gasteiger partial charge in [0.15, 0.2) is 23.5 Å². The molecule has 2 aromatic heterocycles. The predicted octanol–water partition coefficient (Wildman–Crippen LogP) is 1.91. The fraction of sp³-hybridized carbons (Fsp3) is 0.500. The van der Waals surface area contributed by atoms with Crippen LogP contribution in [-0.2, 0) is 33.9 Å². The first-order chi connectivity index (χ1) is 21.0. The van der Waals surface area contributed by atoms with Crippen molar-refractivity contribution in [3.8, 4) is 16.9 Å². The average molecular weight is 628 g/mol. The van der Waals surface area contributed by atoms with Crippen molar-refractivity contribution >= 4 is 34.1 Å². The van der Waals surface area contributed by atoms with Crippen LogP contribution in [0.15, 0.2) is 41.1 Å². The Kier molecular flexibility index (Phi) is 10.9. The van der Waals surface area contributed by atoms with Gasteiger partial charge in [-0.15, -0.1) is 16.0 Å². The maximum atomic E-state index is 13.0. The number of nitrogen functional groups attached to an aromatic ring is 1. The largest absolute Gasteiger partial charge is 0.485 e.